The van der Waals surface area contributed by atoms with E-state index in [-0.39, 0.29) is 5.82 Å². The second-order valence-electron chi connectivity index (χ2n) is 6.30. The Kier molecular flexibility index (Phi) is 6.60. The van der Waals surface area contributed by atoms with Crippen LogP contribution in [0, 0.1) is 12.7 Å². The van der Waals surface area contributed by atoms with Crippen LogP contribution in [0.1, 0.15) is 11.5 Å². The zero-order valence-corrected chi connectivity index (χ0v) is 15.7. The summed E-state index contributed by atoms with van der Waals surface area (Å²) in [5.41, 5.74) is 0.379. The van der Waals surface area contributed by atoms with Gasteiger partial charge < -0.3 is 19.4 Å². The van der Waals surface area contributed by atoms with Gasteiger partial charge in [0.2, 0.25) is 0 Å². The van der Waals surface area contributed by atoms with Crippen LogP contribution >= 0.6 is 12.2 Å². The number of halogens is 1. The molecule has 0 unspecified atom stereocenters. The summed E-state index contributed by atoms with van der Waals surface area (Å²) < 4.78 is 25.0. The van der Waals surface area contributed by atoms with Crippen LogP contribution in [-0.4, -0.2) is 54.3 Å². The number of furan rings is 1. The van der Waals surface area contributed by atoms with Gasteiger partial charge in [0, 0.05) is 26.2 Å². The molecule has 1 N–H and O–H groups in total. The highest BCUT2D eigenvalue weighted by Crippen LogP contribution is 2.15. The molecule has 2 heterocycles. The fraction of sp³-hybridized carbons (Fsp3) is 0.421. The van der Waals surface area contributed by atoms with Crippen molar-refractivity contribution in [2.45, 2.75) is 13.5 Å². The highest BCUT2D eigenvalue weighted by atomic mass is 32.1. The lowest BCUT2D eigenvalue weighted by atomic mass is 10.3. The molecule has 0 bridgehead atoms. The average molecular weight is 377 g/mol. The molecule has 5 nitrogen and oxygen atoms in total. The molecule has 1 aliphatic heterocycles. The molecule has 140 valence electrons. The molecule has 0 spiro atoms. The van der Waals surface area contributed by atoms with Crippen molar-refractivity contribution in [3.63, 3.8) is 0 Å². The second-order valence-corrected chi connectivity index (χ2v) is 6.68. The van der Waals surface area contributed by atoms with Gasteiger partial charge in [-0.25, -0.2) is 4.39 Å². The summed E-state index contributed by atoms with van der Waals surface area (Å²) in [7, 11) is 0. The normalized spacial score (nSPS) is 15.0. The van der Waals surface area contributed by atoms with Crippen molar-refractivity contribution < 1.29 is 13.5 Å². The Bertz CT molecular complexity index is 731. The van der Waals surface area contributed by atoms with Gasteiger partial charge in [0.05, 0.1) is 25.4 Å². The van der Waals surface area contributed by atoms with Crippen molar-refractivity contribution in [1.29, 1.82) is 0 Å². The van der Waals surface area contributed by atoms with Gasteiger partial charge in [0.25, 0.3) is 0 Å². The van der Waals surface area contributed by atoms with Crippen molar-refractivity contribution in [1.82, 2.24) is 9.80 Å². The molecule has 1 aromatic heterocycles. The Morgan fingerprint density at radius 2 is 2.00 bits per heavy atom. The molecule has 1 aliphatic rings. The molecule has 0 aliphatic carbocycles. The highest BCUT2D eigenvalue weighted by Gasteiger charge is 2.17. The molecule has 7 heteroatoms. The predicted molar refractivity (Wildman–Crippen MR) is 104 cm³/mol. The number of thiocarbonyl (C=S) groups is 1. The number of benzene rings is 1. The van der Waals surface area contributed by atoms with E-state index in [1.54, 1.807) is 18.2 Å². The van der Waals surface area contributed by atoms with Gasteiger partial charge in [-0.3, -0.25) is 4.90 Å². The molecular weight excluding hydrogens is 353 g/mol. The largest absolute Gasteiger partial charge is 0.464 e. The number of ether oxygens (including phenoxy) is 1. The first-order valence-electron chi connectivity index (χ1n) is 8.78. The first-order valence-corrected chi connectivity index (χ1v) is 9.18. The molecule has 0 radical (unpaired) electrons. The lowest BCUT2D eigenvalue weighted by molar-refractivity contribution is 0.0356. The zero-order chi connectivity index (χ0) is 18.4. The van der Waals surface area contributed by atoms with Gasteiger partial charge in [-0.15, -0.1) is 0 Å². The molecule has 0 atom stereocenters. The van der Waals surface area contributed by atoms with Gasteiger partial charge in [0.1, 0.15) is 17.3 Å². The molecular formula is C19H24FN3O2S. The van der Waals surface area contributed by atoms with Crippen LogP contribution in [0.4, 0.5) is 10.1 Å². The average Bonchev–Trinajstić information content (AvgIpc) is 3.06. The number of rotatable bonds is 6. The Morgan fingerprint density at radius 3 is 2.69 bits per heavy atom. The lowest BCUT2D eigenvalue weighted by Gasteiger charge is -2.31. The topological polar surface area (TPSA) is 40.9 Å². The van der Waals surface area contributed by atoms with E-state index in [2.05, 4.69) is 10.2 Å². The summed E-state index contributed by atoms with van der Waals surface area (Å²) in [6, 6.07) is 10.4. The fourth-order valence-electron chi connectivity index (χ4n) is 2.85. The maximum Gasteiger partial charge on any atom is 0.173 e. The van der Waals surface area contributed by atoms with E-state index in [0.717, 1.165) is 50.9 Å². The third-order valence-electron chi connectivity index (χ3n) is 4.34. The third kappa shape index (κ3) is 5.27. The summed E-state index contributed by atoms with van der Waals surface area (Å²) in [5.74, 6) is 1.38. The fourth-order valence-corrected chi connectivity index (χ4v) is 3.12. The van der Waals surface area contributed by atoms with Crippen LogP contribution in [-0.2, 0) is 11.3 Å². The molecule has 1 fully saturated rings. The minimum Gasteiger partial charge on any atom is -0.464 e. The number of nitrogens with zero attached hydrogens (tertiary/aromatic N) is 2. The quantitative estimate of drug-likeness (QED) is 0.780. The van der Waals surface area contributed by atoms with Crippen LogP contribution in [0.25, 0.3) is 0 Å². The molecule has 2 aromatic rings. The maximum absolute atomic E-state index is 13.9. The minimum absolute atomic E-state index is 0.322. The summed E-state index contributed by atoms with van der Waals surface area (Å²) in [6.45, 7) is 7.39. The number of morpholine rings is 1. The first kappa shape index (κ1) is 18.8. The van der Waals surface area contributed by atoms with Crippen LogP contribution < -0.4 is 5.32 Å². The number of anilines is 1. The Morgan fingerprint density at radius 1 is 1.23 bits per heavy atom. The number of aryl methyl sites for hydroxylation is 1. The van der Waals surface area contributed by atoms with E-state index in [0.29, 0.717) is 17.3 Å². The van der Waals surface area contributed by atoms with Crippen LogP contribution in [0.3, 0.4) is 0 Å². The van der Waals surface area contributed by atoms with Crippen LogP contribution in [0.5, 0.6) is 0 Å². The summed E-state index contributed by atoms with van der Waals surface area (Å²) in [6.07, 6.45) is 0. The van der Waals surface area contributed by atoms with E-state index >= 15 is 0 Å². The van der Waals surface area contributed by atoms with Crippen LogP contribution in [0.2, 0.25) is 0 Å². The highest BCUT2D eigenvalue weighted by molar-refractivity contribution is 7.80. The Balaban J connectivity index is 1.66. The zero-order valence-electron chi connectivity index (χ0n) is 14.9. The van der Waals surface area contributed by atoms with Gasteiger partial charge >= 0.3 is 0 Å². The van der Waals surface area contributed by atoms with Crippen molar-refractivity contribution >= 4 is 23.0 Å². The minimum atomic E-state index is -0.322. The van der Waals surface area contributed by atoms with E-state index in [1.807, 2.05) is 24.0 Å². The maximum atomic E-state index is 13.9. The number of hydrogen-bond acceptors (Lipinski definition) is 4. The third-order valence-corrected chi connectivity index (χ3v) is 4.70. The SMILES string of the molecule is Cc1ccc(CN(CCN2CCOCC2)C(=S)Nc2ccccc2F)o1. The smallest absolute Gasteiger partial charge is 0.173 e. The van der Waals surface area contributed by atoms with E-state index in [1.165, 1.54) is 6.07 Å². The van der Waals surface area contributed by atoms with E-state index in [9.17, 15) is 4.39 Å². The Hall–Kier alpha value is -1.96. The van der Waals surface area contributed by atoms with E-state index < -0.39 is 0 Å². The van der Waals surface area contributed by atoms with Gasteiger partial charge in [0.15, 0.2) is 5.11 Å². The van der Waals surface area contributed by atoms with Crippen molar-refractivity contribution in [3.05, 3.63) is 53.7 Å². The van der Waals surface area contributed by atoms with Crippen molar-refractivity contribution in [2.75, 3.05) is 44.7 Å². The summed E-state index contributed by atoms with van der Waals surface area (Å²) in [4.78, 5) is 4.35. The summed E-state index contributed by atoms with van der Waals surface area (Å²) in [5, 5.41) is 3.51. The predicted octanol–water partition coefficient (Wildman–Crippen LogP) is 3.26. The standard InChI is InChI=1S/C19H24FN3O2S/c1-15-6-7-16(25-15)14-23(9-8-22-10-12-24-13-11-22)19(26)21-18-5-3-2-4-17(18)20/h2-7H,8-14H2,1H3,(H,21,26). The van der Waals surface area contributed by atoms with E-state index in [4.69, 9.17) is 21.4 Å². The number of para-hydroxylation sites is 1. The van der Waals surface area contributed by atoms with Crippen molar-refractivity contribution in [2.24, 2.45) is 0 Å². The molecule has 0 amide bonds. The monoisotopic (exact) mass is 377 g/mol. The van der Waals surface area contributed by atoms with Crippen molar-refractivity contribution in [3.8, 4) is 0 Å². The molecule has 3 rings (SSSR count). The van der Waals surface area contributed by atoms with Gasteiger partial charge in [-0.1, -0.05) is 12.1 Å². The molecule has 1 aromatic carbocycles. The van der Waals surface area contributed by atoms with Crippen LogP contribution in [0.15, 0.2) is 40.8 Å². The summed E-state index contributed by atoms with van der Waals surface area (Å²) >= 11 is 5.55. The number of nitrogens with one attached hydrogen (secondary N) is 1. The second kappa shape index (κ2) is 9.12. The lowest BCUT2D eigenvalue weighted by Crippen LogP contribution is -2.44. The number of hydrogen-bond donors (Lipinski definition) is 1. The molecule has 1 saturated heterocycles. The van der Waals surface area contributed by atoms with Gasteiger partial charge in [-0.2, -0.15) is 0 Å². The molecule has 0 saturated carbocycles. The molecule has 26 heavy (non-hydrogen) atoms. The first-order chi connectivity index (χ1) is 12.6. The van der Waals surface area contributed by atoms with Gasteiger partial charge in [-0.05, 0) is 43.4 Å². The Labute approximate surface area is 158 Å².